The van der Waals surface area contributed by atoms with E-state index in [0.717, 1.165) is 11.3 Å². The van der Waals surface area contributed by atoms with E-state index in [1.165, 1.54) is 0 Å². The standard InChI is InChI=1S/C13H20N2O4S/c1-11-4-2-5-12(10-11)19-8-6-13(16)15-7-3-9-20(14,17)18/h2,4-5,10H,3,6-9H2,1H3,(H,15,16)(H2,14,17,18). The average molecular weight is 300 g/mol. The van der Waals surface area contributed by atoms with Gasteiger partial charge in [0.1, 0.15) is 5.75 Å². The number of hydrogen-bond acceptors (Lipinski definition) is 4. The summed E-state index contributed by atoms with van der Waals surface area (Å²) in [6.45, 7) is 2.54. The Morgan fingerprint density at radius 1 is 1.40 bits per heavy atom. The summed E-state index contributed by atoms with van der Waals surface area (Å²) in [5.41, 5.74) is 1.09. The van der Waals surface area contributed by atoms with Crippen LogP contribution in [-0.4, -0.2) is 33.2 Å². The number of aryl methyl sites for hydroxylation is 1. The van der Waals surface area contributed by atoms with Crippen LogP contribution in [-0.2, 0) is 14.8 Å². The highest BCUT2D eigenvalue weighted by Gasteiger charge is 2.04. The maximum absolute atomic E-state index is 11.5. The monoisotopic (exact) mass is 300 g/mol. The van der Waals surface area contributed by atoms with Crippen LogP contribution in [0.3, 0.4) is 0 Å². The Balaban J connectivity index is 2.14. The average Bonchev–Trinajstić information content (AvgIpc) is 2.34. The molecule has 112 valence electrons. The van der Waals surface area contributed by atoms with Gasteiger partial charge in [0.2, 0.25) is 15.9 Å². The minimum atomic E-state index is -3.46. The smallest absolute Gasteiger partial charge is 0.223 e. The van der Waals surface area contributed by atoms with Gasteiger partial charge >= 0.3 is 0 Å². The lowest BCUT2D eigenvalue weighted by Crippen LogP contribution is -2.28. The summed E-state index contributed by atoms with van der Waals surface area (Å²) in [6.07, 6.45) is 0.534. The van der Waals surface area contributed by atoms with Gasteiger partial charge in [-0.1, -0.05) is 12.1 Å². The molecular formula is C13H20N2O4S. The number of nitrogens with two attached hydrogens (primary N) is 1. The fourth-order valence-electron chi connectivity index (χ4n) is 1.56. The molecule has 0 radical (unpaired) electrons. The number of carbonyl (C=O) groups excluding carboxylic acids is 1. The fourth-order valence-corrected chi connectivity index (χ4v) is 2.10. The Bertz CT molecular complexity index is 543. The van der Waals surface area contributed by atoms with Crippen LogP contribution < -0.4 is 15.2 Å². The van der Waals surface area contributed by atoms with Gasteiger partial charge in [-0.05, 0) is 31.0 Å². The highest BCUT2D eigenvalue weighted by molar-refractivity contribution is 7.89. The first kappa shape index (κ1) is 16.5. The molecule has 1 amide bonds. The molecule has 1 aromatic carbocycles. The van der Waals surface area contributed by atoms with Crippen molar-refractivity contribution in [3.63, 3.8) is 0 Å². The third kappa shape index (κ3) is 7.75. The SMILES string of the molecule is Cc1cccc(OCCC(=O)NCCCS(N)(=O)=O)c1. The van der Waals surface area contributed by atoms with E-state index in [-0.39, 0.29) is 24.7 Å². The third-order valence-corrected chi connectivity index (χ3v) is 3.37. The summed E-state index contributed by atoms with van der Waals surface area (Å²) in [4.78, 5) is 11.5. The molecule has 0 saturated carbocycles. The molecular weight excluding hydrogens is 280 g/mol. The van der Waals surface area contributed by atoms with Crippen molar-refractivity contribution >= 4 is 15.9 Å². The van der Waals surface area contributed by atoms with Crippen molar-refractivity contribution in [2.75, 3.05) is 18.9 Å². The molecule has 1 aromatic rings. The minimum absolute atomic E-state index is 0.132. The van der Waals surface area contributed by atoms with Crippen molar-refractivity contribution in [1.29, 1.82) is 0 Å². The summed E-state index contributed by atoms with van der Waals surface area (Å²) in [7, 11) is -3.46. The largest absolute Gasteiger partial charge is 0.493 e. The summed E-state index contributed by atoms with van der Waals surface area (Å²) < 4.78 is 26.8. The van der Waals surface area contributed by atoms with Crippen molar-refractivity contribution in [2.24, 2.45) is 5.14 Å². The Morgan fingerprint density at radius 3 is 2.80 bits per heavy atom. The Hall–Kier alpha value is -1.60. The molecule has 20 heavy (non-hydrogen) atoms. The number of carbonyl (C=O) groups is 1. The van der Waals surface area contributed by atoms with Crippen LogP contribution in [0.15, 0.2) is 24.3 Å². The maximum Gasteiger partial charge on any atom is 0.223 e. The van der Waals surface area contributed by atoms with Crippen molar-refractivity contribution in [3.05, 3.63) is 29.8 Å². The Kier molecular flexibility index (Phi) is 6.47. The number of ether oxygens (including phenoxy) is 1. The zero-order chi connectivity index (χ0) is 15.0. The first-order valence-electron chi connectivity index (χ1n) is 6.33. The minimum Gasteiger partial charge on any atom is -0.493 e. The van der Waals surface area contributed by atoms with Crippen LogP contribution in [0.5, 0.6) is 5.75 Å². The second-order valence-electron chi connectivity index (χ2n) is 4.49. The van der Waals surface area contributed by atoms with Crippen LogP contribution >= 0.6 is 0 Å². The molecule has 1 rings (SSSR count). The first-order valence-corrected chi connectivity index (χ1v) is 8.05. The highest BCUT2D eigenvalue weighted by Crippen LogP contribution is 2.12. The molecule has 3 N–H and O–H groups in total. The third-order valence-electron chi connectivity index (χ3n) is 2.52. The molecule has 0 saturated heterocycles. The van der Waals surface area contributed by atoms with Crippen LogP contribution in [0, 0.1) is 6.92 Å². The number of benzene rings is 1. The van der Waals surface area contributed by atoms with E-state index in [1.807, 2.05) is 31.2 Å². The summed E-state index contributed by atoms with van der Waals surface area (Å²) in [5.74, 6) is 0.423. The van der Waals surface area contributed by atoms with Crippen LogP contribution in [0.2, 0.25) is 0 Å². The van der Waals surface area contributed by atoms with Gasteiger partial charge < -0.3 is 10.1 Å². The zero-order valence-electron chi connectivity index (χ0n) is 11.5. The zero-order valence-corrected chi connectivity index (χ0v) is 12.3. The number of nitrogens with one attached hydrogen (secondary N) is 1. The van der Waals surface area contributed by atoms with Crippen molar-refractivity contribution < 1.29 is 17.9 Å². The lowest BCUT2D eigenvalue weighted by atomic mass is 10.2. The van der Waals surface area contributed by atoms with E-state index < -0.39 is 10.0 Å². The van der Waals surface area contributed by atoms with Crippen LogP contribution in [0.4, 0.5) is 0 Å². The van der Waals surface area contributed by atoms with Gasteiger partial charge in [-0.15, -0.1) is 0 Å². The van der Waals surface area contributed by atoms with Crippen molar-refractivity contribution in [2.45, 2.75) is 19.8 Å². The van der Waals surface area contributed by atoms with Crippen LogP contribution in [0.1, 0.15) is 18.4 Å². The van der Waals surface area contributed by atoms with Gasteiger partial charge in [0, 0.05) is 6.54 Å². The van der Waals surface area contributed by atoms with Crippen LogP contribution in [0.25, 0.3) is 0 Å². The van der Waals surface area contributed by atoms with E-state index >= 15 is 0 Å². The predicted octanol–water partition coefficient (Wildman–Crippen LogP) is 0.559. The lowest BCUT2D eigenvalue weighted by molar-refractivity contribution is -0.121. The lowest BCUT2D eigenvalue weighted by Gasteiger charge is -2.07. The topological polar surface area (TPSA) is 98.5 Å². The molecule has 7 heteroatoms. The van der Waals surface area contributed by atoms with E-state index in [4.69, 9.17) is 9.88 Å². The second kappa shape index (κ2) is 7.86. The molecule has 0 aliphatic carbocycles. The Labute approximate surface area is 119 Å². The molecule has 0 spiro atoms. The number of amides is 1. The van der Waals surface area contributed by atoms with Gasteiger partial charge in [-0.3, -0.25) is 4.79 Å². The quantitative estimate of drug-likeness (QED) is 0.685. The molecule has 6 nitrogen and oxygen atoms in total. The van der Waals surface area contributed by atoms with Crippen molar-refractivity contribution in [1.82, 2.24) is 5.32 Å². The van der Waals surface area contributed by atoms with Gasteiger partial charge in [0.05, 0.1) is 18.8 Å². The molecule has 0 unspecified atom stereocenters. The summed E-state index contributed by atoms with van der Waals surface area (Å²) >= 11 is 0. The summed E-state index contributed by atoms with van der Waals surface area (Å²) in [5, 5.41) is 7.46. The maximum atomic E-state index is 11.5. The van der Waals surface area contributed by atoms with E-state index in [1.54, 1.807) is 0 Å². The molecule has 0 bridgehead atoms. The van der Waals surface area contributed by atoms with E-state index in [0.29, 0.717) is 13.0 Å². The van der Waals surface area contributed by atoms with Gasteiger partial charge in [0.15, 0.2) is 0 Å². The first-order chi connectivity index (χ1) is 9.37. The normalized spacial score (nSPS) is 11.1. The molecule has 0 aliphatic rings. The predicted molar refractivity (Wildman–Crippen MR) is 76.9 cm³/mol. The molecule has 0 atom stereocenters. The number of primary sulfonamides is 1. The number of hydrogen-bond donors (Lipinski definition) is 2. The second-order valence-corrected chi connectivity index (χ2v) is 6.22. The molecule has 0 aromatic heterocycles. The van der Waals surface area contributed by atoms with E-state index in [9.17, 15) is 13.2 Å². The van der Waals surface area contributed by atoms with Gasteiger partial charge in [-0.2, -0.15) is 0 Å². The molecule has 0 heterocycles. The fraction of sp³-hybridized carbons (Fsp3) is 0.462. The van der Waals surface area contributed by atoms with E-state index in [2.05, 4.69) is 5.32 Å². The number of rotatable bonds is 8. The van der Waals surface area contributed by atoms with Gasteiger partial charge in [0.25, 0.3) is 0 Å². The summed E-state index contributed by atoms with van der Waals surface area (Å²) in [6, 6.07) is 7.57. The van der Waals surface area contributed by atoms with Crippen molar-refractivity contribution in [3.8, 4) is 5.75 Å². The highest BCUT2D eigenvalue weighted by atomic mass is 32.2. The number of sulfonamides is 1. The molecule has 0 fully saturated rings. The molecule has 0 aliphatic heterocycles. The van der Waals surface area contributed by atoms with Gasteiger partial charge in [-0.25, -0.2) is 13.6 Å². The Morgan fingerprint density at radius 2 is 2.15 bits per heavy atom.